The number of nitrogen functional groups attached to an aromatic ring is 1. The van der Waals surface area contributed by atoms with Gasteiger partial charge in [-0.3, -0.25) is 10.4 Å². The molecule has 0 aliphatic carbocycles. The molecule has 1 rings (SSSR count). The minimum atomic E-state index is -4.21. The molecule has 0 heterocycles. The van der Waals surface area contributed by atoms with E-state index in [9.17, 15) is 8.42 Å². The number of benzene rings is 1. The second-order valence-corrected chi connectivity index (χ2v) is 4.01. The van der Waals surface area contributed by atoms with E-state index in [-0.39, 0.29) is 10.6 Å². The zero-order chi connectivity index (χ0) is 10.1. The summed E-state index contributed by atoms with van der Waals surface area (Å²) in [6, 6.07) is 4.51. The van der Waals surface area contributed by atoms with Gasteiger partial charge in [0, 0.05) is 0 Å². The third-order valence-electron chi connectivity index (χ3n) is 1.57. The molecule has 5 nitrogen and oxygen atoms in total. The molecule has 0 atom stereocenters. The van der Waals surface area contributed by atoms with Crippen LogP contribution in [0.15, 0.2) is 23.1 Å². The topological polar surface area (TPSA) is 92.4 Å². The zero-order valence-corrected chi connectivity index (χ0v) is 7.80. The second-order valence-electron chi connectivity index (χ2n) is 2.62. The Morgan fingerprint density at radius 2 is 2.08 bits per heavy atom. The highest BCUT2D eigenvalue weighted by Gasteiger charge is 2.14. The molecular formula is C7H10N2O3S. The largest absolute Gasteiger partial charge is 0.323 e. The Balaban J connectivity index is 3.41. The van der Waals surface area contributed by atoms with Gasteiger partial charge in [-0.2, -0.15) is 8.42 Å². The van der Waals surface area contributed by atoms with E-state index in [2.05, 4.69) is 5.43 Å². The summed E-state index contributed by atoms with van der Waals surface area (Å²) in [4.78, 5) is -0.213. The minimum Gasteiger partial charge on any atom is -0.323 e. The summed E-state index contributed by atoms with van der Waals surface area (Å²) in [5.74, 6) is 5.07. The van der Waals surface area contributed by atoms with E-state index < -0.39 is 10.1 Å². The predicted molar refractivity (Wildman–Crippen MR) is 48.8 cm³/mol. The molecule has 13 heavy (non-hydrogen) atoms. The highest BCUT2D eigenvalue weighted by atomic mass is 32.2. The molecule has 1 aromatic carbocycles. The average Bonchev–Trinajstić information content (AvgIpc) is 2.03. The maximum atomic E-state index is 10.8. The Morgan fingerprint density at radius 1 is 1.46 bits per heavy atom. The molecule has 0 amide bonds. The number of hydrogen-bond acceptors (Lipinski definition) is 4. The fraction of sp³-hybridized carbons (Fsp3) is 0.143. The summed E-state index contributed by atoms with van der Waals surface area (Å²) in [5, 5.41) is 0. The van der Waals surface area contributed by atoms with Crippen LogP contribution in [0.1, 0.15) is 5.56 Å². The molecule has 0 spiro atoms. The number of hydrazine groups is 1. The molecule has 72 valence electrons. The van der Waals surface area contributed by atoms with Crippen LogP contribution in [0.3, 0.4) is 0 Å². The van der Waals surface area contributed by atoms with E-state index >= 15 is 0 Å². The lowest BCUT2D eigenvalue weighted by atomic mass is 10.2. The van der Waals surface area contributed by atoms with Crippen LogP contribution in [0.4, 0.5) is 5.69 Å². The summed E-state index contributed by atoms with van der Waals surface area (Å²) in [6.45, 7) is 1.72. The Labute approximate surface area is 76.3 Å². The number of rotatable bonds is 2. The molecule has 0 bridgehead atoms. The van der Waals surface area contributed by atoms with Gasteiger partial charge in [0.15, 0.2) is 0 Å². The molecule has 0 aliphatic rings. The molecule has 4 N–H and O–H groups in total. The van der Waals surface area contributed by atoms with Gasteiger partial charge in [-0.05, 0) is 24.6 Å². The molecule has 1 aromatic rings. The Kier molecular flexibility index (Phi) is 2.55. The van der Waals surface area contributed by atoms with E-state index in [0.717, 1.165) is 5.56 Å². The van der Waals surface area contributed by atoms with Crippen LogP contribution in [0, 0.1) is 6.92 Å². The average molecular weight is 202 g/mol. The maximum absolute atomic E-state index is 10.8. The molecule has 0 aliphatic heterocycles. The van der Waals surface area contributed by atoms with Crippen molar-refractivity contribution in [2.45, 2.75) is 11.8 Å². The molecule has 0 saturated heterocycles. The number of nitrogens with two attached hydrogens (primary N) is 1. The van der Waals surface area contributed by atoms with Gasteiger partial charge < -0.3 is 5.43 Å². The van der Waals surface area contributed by atoms with Gasteiger partial charge in [-0.15, -0.1) is 0 Å². The van der Waals surface area contributed by atoms with Crippen LogP contribution in [0.5, 0.6) is 0 Å². The Bertz CT molecular complexity index is 414. The third kappa shape index (κ3) is 2.18. The molecule has 0 radical (unpaired) electrons. The molecule has 0 saturated carbocycles. The minimum absolute atomic E-state index is 0.174. The monoisotopic (exact) mass is 202 g/mol. The molecule has 6 heteroatoms. The molecule has 0 aromatic heterocycles. The highest BCUT2D eigenvalue weighted by Crippen LogP contribution is 2.20. The van der Waals surface area contributed by atoms with Gasteiger partial charge in [0.1, 0.15) is 4.90 Å². The third-order valence-corrected chi connectivity index (χ3v) is 2.46. The number of anilines is 1. The van der Waals surface area contributed by atoms with Gasteiger partial charge in [-0.25, -0.2) is 0 Å². The van der Waals surface area contributed by atoms with E-state index in [4.69, 9.17) is 10.4 Å². The molecule has 0 fully saturated rings. The zero-order valence-electron chi connectivity index (χ0n) is 6.98. The van der Waals surface area contributed by atoms with Gasteiger partial charge in [0.25, 0.3) is 10.1 Å². The number of nitrogens with one attached hydrogen (secondary N) is 1. The fourth-order valence-electron chi connectivity index (χ4n) is 0.962. The fourth-order valence-corrected chi connectivity index (χ4v) is 1.70. The van der Waals surface area contributed by atoms with Crippen molar-refractivity contribution < 1.29 is 13.0 Å². The van der Waals surface area contributed by atoms with E-state index in [1.165, 1.54) is 12.1 Å². The second kappa shape index (κ2) is 3.33. The first-order valence-corrected chi connectivity index (χ1v) is 4.94. The summed E-state index contributed by atoms with van der Waals surface area (Å²) < 4.78 is 30.5. The summed E-state index contributed by atoms with van der Waals surface area (Å²) in [6.07, 6.45) is 0. The van der Waals surface area contributed by atoms with Crippen molar-refractivity contribution in [3.05, 3.63) is 23.8 Å². The van der Waals surface area contributed by atoms with Gasteiger partial charge in [-0.1, -0.05) is 6.07 Å². The van der Waals surface area contributed by atoms with Crippen LogP contribution in [0.2, 0.25) is 0 Å². The lowest BCUT2D eigenvalue weighted by molar-refractivity contribution is 0.483. The quantitative estimate of drug-likeness (QED) is 0.369. The first kappa shape index (κ1) is 9.97. The van der Waals surface area contributed by atoms with Crippen LogP contribution in [-0.4, -0.2) is 13.0 Å². The Hall–Kier alpha value is -1.11. The van der Waals surface area contributed by atoms with E-state index in [1.54, 1.807) is 13.0 Å². The van der Waals surface area contributed by atoms with Crippen LogP contribution in [-0.2, 0) is 10.1 Å². The number of hydrogen-bond donors (Lipinski definition) is 3. The van der Waals surface area contributed by atoms with Gasteiger partial charge in [0.2, 0.25) is 0 Å². The predicted octanol–water partition coefficient (Wildman–Crippen LogP) is 0.527. The van der Waals surface area contributed by atoms with Crippen LogP contribution >= 0.6 is 0 Å². The SMILES string of the molecule is Cc1ccc(NN)c(S(=O)(=O)O)c1. The van der Waals surface area contributed by atoms with Crippen LogP contribution < -0.4 is 11.3 Å². The van der Waals surface area contributed by atoms with Crippen molar-refractivity contribution in [2.24, 2.45) is 5.84 Å². The first-order valence-electron chi connectivity index (χ1n) is 3.50. The lowest BCUT2D eigenvalue weighted by Gasteiger charge is -2.06. The normalized spacial score (nSPS) is 11.3. The summed E-state index contributed by atoms with van der Waals surface area (Å²) in [5.41, 5.74) is 3.09. The molecule has 0 unspecified atom stereocenters. The lowest BCUT2D eigenvalue weighted by Crippen LogP contribution is -2.11. The molecular weight excluding hydrogens is 192 g/mol. The highest BCUT2D eigenvalue weighted by molar-refractivity contribution is 7.86. The Morgan fingerprint density at radius 3 is 2.54 bits per heavy atom. The standard InChI is InChI=1S/C7H10N2O3S/c1-5-2-3-6(9-8)7(4-5)13(10,11)12/h2-4,9H,8H2,1H3,(H,10,11,12). The van der Waals surface area contributed by atoms with Crippen molar-refractivity contribution >= 4 is 15.8 Å². The van der Waals surface area contributed by atoms with Crippen molar-refractivity contribution in [1.82, 2.24) is 0 Å². The van der Waals surface area contributed by atoms with Crippen molar-refractivity contribution in [3.8, 4) is 0 Å². The van der Waals surface area contributed by atoms with E-state index in [1.807, 2.05) is 0 Å². The smallest absolute Gasteiger partial charge is 0.296 e. The van der Waals surface area contributed by atoms with E-state index in [0.29, 0.717) is 0 Å². The van der Waals surface area contributed by atoms with Crippen molar-refractivity contribution in [2.75, 3.05) is 5.43 Å². The van der Waals surface area contributed by atoms with Gasteiger partial charge in [0.05, 0.1) is 5.69 Å². The summed E-state index contributed by atoms with van der Waals surface area (Å²) in [7, 11) is -4.21. The van der Waals surface area contributed by atoms with Gasteiger partial charge >= 0.3 is 0 Å². The van der Waals surface area contributed by atoms with Crippen LogP contribution in [0.25, 0.3) is 0 Å². The van der Waals surface area contributed by atoms with Crippen molar-refractivity contribution in [3.63, 3.8) is 0 Å². The number of aryl methyl sites for hydroxylation is 1. The summed E-state index contributed by atoms with van der Waals surface area (Å²) >= 11 is 0. The first-order chi connectivity index (χ1) is 5.95. The van der Waals surface area contributed by atoms with Crippen molar-refractivity contribution in [1.29, 1.82) is 0 Å². The maximum Gasteiger partial charge on any atom is 0.296 e.